The summed E-state index contributed by atoms with van der Waals surface area (Å²) >= 11 is 3.49. The van der Waals surface area contributed by atoms with Crippen LogP contribution in [0.5, 0.6) is 5.75 Å². The Morgan fingerprint density at radius 3 is 2.61 bits per heavy atom. The zero-order chi connectivity index (χ0) is 19.3. The highest BCUT2D eigenvalue weighted by Gasteiger charge is 2.33. The van der Waals surface area contributed by atoms with E-state index >= 15 is 0 Å². The van der Waals surface area contributed by atoms with Crippen molar-refractivity contribution in [3.63, 3.8) is 0 Å². The van der Waals surface area contributed by atoms with Crippen LogP contribution < -0.4 is 14.5 Å². The highest BCUT2D eigenvalue weighted by Crippen LogP contribution is 2.25. The van der Waals surface area contributed by atoms with E-state index in [1.807, 2.05) is 35.2 Å². The van der Waals surface area contributed by atoms with Gasteiger partial charge in [0.1, 0.15) is 11.8 Å². The number of anilines is 1. The Bertz CT molecular complexity index is 876. The topological polar surface area (TPSA) is 34.0 Å². The minimum atomic E-state index is 0.178. The van der Waals surface area contributed by atoms with Gasteiger partial charge < -0.3 is 14.5 Å². The van der Waals surface area contributed by atoms with E-state index in [-0.39, 0.29) is 5.91 Å². The Hall–Kier alpha value is -2.15. The molecular formula is C22H25N2O2S2+. The minimum absolute atomic E-state index is 0.178. The molecule has 3 aromatic rings. The zero-order valence-corrected chi connectivity index (χ0v) is 17.6. The Kier molecular flexibility index (Phi) is 6.10. The molecule has 3 heterocycles. The number of hydrogen-bond donors (Lipinski definition) is 1. The van der Waals surface area contributed by atoms with Gasteiger partial charge in [-0.05, 0) is 47.2 Å². The third kappa shape index (κ3) is 4.29. The Morgan fingerprint density at radius 2 is 1.93 bits per heavy atom. The van der Waals surface area contributed by atoms with Crippen LogP contribution in [0.4, 0.5) is 5.69 Å². The second kappa shape index (κ2) is 8.90. The van der Waals surface area contributed by atoms with E-state index in [1.54, 1.807) is 29.8 Å². The van der Waals surface area contributed by atoms with Crippen molar-refractivity contribution in [1.82, 2.24) is 0 Å². The number of quaternary nitrogens is 1. The Balaban J connectivity index is 1.53. The van der Waals surface area contributed by atoms with Crippen LogP contribution >= 0.6 is 22.7 Å². The number of carbonyl (C=O) groups excluding carboxylic acids is 1. The number of thiophene rings is 2. The molecule has 4 rings (SSSR count). The Morgan fingerprint density at radius 1 is 1.14 bits per heavy atom. The predicted molar refractivity (Wildman–Crippen MR) is 115 cm³/mol. The molecule has 1 aliphatic rings. The molecule has 0 aliphatic carbocycles. The van der Waals surface area contributed by atoms with Crippen LogP contribution in [0.3, 0.4) is 0 Å². The number of nitrogens with one attached hydrogen (secondary N) is 1. The van der Waals surface area contributed by atoms with Crippen molar-refractivity contribution in [1.29, 1.82) is 0 Å². The average Bonchev–Trinajstić information content (AvgIpc) is 3.48. The molecule has 0 bridgehead atoms. The normalized spacial score (nSPS) is 18.9. The van der Waals surface area contributed by atoms with Gasteiger partial charge >= 0.3 is 0 Å². The maximum Gasteiger partial charge on any atom is 0.282 e. The lowest BCUT2D eigenvalue weighted by Crippen LogP contribution is -3.11. The third-order valence-electron chi connectivity index (χ3n) is 5.33. The number of carbonyl (C=O) groups is 1. The average molecular weight is 414 g/mol. The molecule has 1 saturated heterocycles. The molecule has 28 heavy (non-hydrogen) atoms. The van der Waals surface area contributed by atoms with Crippen LogP contribution in [-0.2, 0) is 11.3 Å². The SMILES string of the molecule is COc1ccc(N(Cc2cccs2)C(=O)C[NH+]2CCC[C@H]2c2cccs2)cc1. The van der Waals surface area contributed by atoms with E-state index in [0.29, 0.717) is 19.1 Å². The zero-order valence-electron chi connectivity index (χ0n) is 16.0. The third-order valence-corrected chi connectivity index (χ3v) is 7.17. The summed E-state index contributed by atoms with van der Waals surface area (Å²) in [6.45, 7) is 2.20. The van der Waals surface area contributed by atoms with Crippen LogP contribution in [0.25, 0.3) is 0 Å². The molecule has 1 amide bonds. The van der Waals surface area contributed by atoms with Crippen molar-refractivity contribution in [2.24, 2.45) is 0 Å². The Labute approximate surface area is 174 Å². The van der Waals surface area contributed by atoms with Gasteiger partial charge in [-0.3, -0.25) is 4.79 Å². The lowest BCUT2D eigenvalue weighted by molar-refractivity contribution is -0.910. The number of benzene rings is 1. The summed E-state index contributed by atoms with van der Waals surface area (Å²) in [5.74, 6) is 0.979. The van der Waals surface area contributed by atoms with E-state index in [4.69, 9.17) is 4.74 Å². The van der Waals surface area contributed by atoms with Crippen LogP contribution in [-0.4, -0.2) is 26.1 Å². The molecule has 2 atom stereocenters. The van der Waals surface area contributed by atoms with Gasteiger partial charge in [0.15, 0.2) is 6.54 Å². The fourth-order valence-electron chi connectivity index (χ4n) is 3.89. The number of ether oxygens (including phenoxy) is 1. The summed E-state index contributed by atoms with van der Waals surface area (Å²) in [5, 5.41) is 4.19. The van der Waals surface area contributed by atoms with Crippen molar-refractivity contribution in [2.45, 2.75) is 25.4 Å². The summed E-state index contributed by atoms with van der Waals surface area (Å²) in [6.07, 6.45) is 2.34. The van der Waals surface area contributed by atoms with Crippen LogP contribution in [0.15, 0.2) is 59.3 Å². The van der Waals surface area contributed by atoms with Crippen molar-refractivity contribution in [3.05, 3.63) is 69.0 Å². The van der Waals surface area contributed by atoms with Gasteiger partial charge in [0.2, 0.25) is 0 Å². The first-order valence-electron chi connectivity index (χ1n) is 9.59. The molecule has 1 aromatic carbocycles. The number of nitrogens with zero attached hydrogens (tertiary/aromatic N) is 1. The summed E-state index contributed by atoms with van der Waals surface area (Å²) < 4.78 is 5.27. The fourth-order valence-corrected chi connectivity index (χ4v) is 5.50. The molecular weight excluding hydrogens is 388 g/mol. The molecule has 1 N–H and O–H groups in total. The quantitative estimate of drug-likeness (QED) is 0.640. The highest BCUT2D eigenvalue weighted by molar-refractivity contribution is 7.10. The molecule has 146 valence electrons. The van der Waals surface area contributed by atoms with Crippen LogP contribution in [0.2, 0.25) is 0 Å². The molecule has 4 nitrogen and oxygen atoms in total. The molecule has 1 fully saturated rings. The van der Waals surface area contributed by atoms with Crippen molar-refractivity contribution in [3.8, 4) is 5.75 Å². The minimum Gasteiger partial charge on any atom is -0.497 e. The van der Waals surface area contributed by atoms with Gasteiger partial charge in [-0.1, -0.05) is 12.1 Å². The van der Waals surface area contributed by atoms with Crippen molar-refractivity contribution >= 4 is 34.3 Å². The number of rotatable bonds is 7. The predicted octanol–water partition coefficient (Wildman–Crippen LogP) is 3.77. The first-order chi connectivity index (χ1) is 13.7. The largest absolute Gasteiger partial charge is 0.497 e. The molecule has 0 saturated carbocycles. The molecule has 0 spiro atoms. The highest BCUT2D eigenvalue weighted by atomic mass is 32.1. The standard InChI is InChI=1S/C22H24N2O2S2/c1-26-18-10-8-17(9-11-18)24(15-19-5-3-13-27-19)22(25)16-23-12-2-6-20(23)21-7-4-14-28-21/h3-5,7-11,13-14,20H,2,6,12,15-16H2,1H3/p+1/t20-/m0/s1. The second-order valence-electron chi connectivity index (χ2n) is 7.05. The first-order valence-corrected chi connectivity index (χ1v) is 11.4. The first kappa shape index (κ1) is 19.2. The van der Waals surface area contributed by atoms with Gasteiger partial charge in [-0.2, -0.15) is 0 Å². The number of amides is 1. The molecule has 0 radical (unpaired) electrons. The van der Waals surface area contributed by atoms with Gasteiger partial charge in [-0.25, -0.2) is 0 Å². The summed E-state index contributed by atoms with van der Waals surface area (Å²) in [6, 6.07) is 16.7. The second-order valence-corrected chi connectivity index (χ2v) is 9.06. The maximum absolute atomic E-state index is 13.4. The number of likely N-dealkylation sites (tertiary alicyclic amines) is 1. The van der Waals surface area contributed by atoms with E-state index in [9.17, 15) is 4.79 Å². The summed E-state index contributed by atoms with van der Waals surface area (Å²) in [4.78, 5) is 19.3. The van der Waals surface area contributed by atoms with E-state index in [0.717, 1.165) is 24.4 Å². The van der Waals surface area contributed by atoms with Gasteiger partial charge in [-0.15, -0.1) is 22.7 Å². The number of hydrogen-bond acceptors (Lipinski definition) is 4. The van der Waals surface area contributed by atoms with Gasteiger partial charge in [0.05, 0.1) is 25.1 Å². The van der Waals surface area contributed by atoms with E-state index in [2.05, 4.69) is 29.0 Å². The molecule has 6 heteroatoms. The van der Waals surface area contributed by atoms with Crippen molar-refractivity contribution < 1.29 is 14.4 Å². The molecule has 1 unspecified atom stereocenters. The lowest BCUT2D eigenvalue weighted by atomic mass is 10.2. The number of methoxy groups -OCH3 is 1. The van der Waals surface area contributed by atoms with E-state index in [1.165, 1.54) is 21.1 Å². The smallest absolute Gasteiger partial charge is 0.282 e. The van der Waals surface area contributed by atoms with Gasteiger partial charge in [0, 0.05) is 23.4 Å². The summed E-state index contributed by atoms with van der Waals surface area (Å²) in [7, 11) is 1.66. The molecule has 1 aliphatic heterocycles. The van der Waals surface area contributed by atoms with Crippen molar-refractivity contribution in [2.75, 3.05) is 25.1 Å². The van der Waals surface area contributed by atoms with Crippen LogP contribution in [0, 0.1) is 0 Å². The lowest BCUT2D eigenvalue weighted by Gasteiger charge is -2.26. The monoisotopic (exact) mass is 413 g/mol. The fraction of sp³-hybridized carbons (Fsp3) is 0.318. The van der Waals surface area contributed by atoms with E-state index < -0.39 is 0 Å². The van der Waals surface area contributed by atoms with Gasteiger partial charge in [0.25, 0.3) is 5.91 Å². The molecule has 2 aromatic heterocycles. The summed E-state index contributed by atoms with van der Waals surface area (Å²) in [5.41, 5.74) is 0.922. The van der Waals surface area contributed by atoms with Crippen LogP contribution in [0.1, 0.15) is 28.6 Å². The maximum atomic E-state index is 13.4.